The lowest BCUT2D eigenvalue weighted by atomic mass is 9.83. The number of hydrogen-bond acceptors (Lipinski definition) is 2. The highest BCUT2D eigenvalue weighted by Crippen LogP contribution is 2.36. The van der Waals surface area contributed by atoms with Gasteiger partial charge >= 0.3 is 6.18 Å². The predicted octanol–water partition coefficient (Wildman–Crippen LogP) is 3.56. The summed E-state index contributed by atoms with van der Waals surface area (Å²) < 4.78 is 38.1. The Labute approximate surface area is 128 Å². The molecule has 1 amide bonds. The summed E-state index contributed by atoms with van der Waals surface area (Å²) in [4.78, 5) is 12.8. The second-order valence-electron chi connectivity index (χ2n) is 5.12. The van der Waals surface area contributed by atoms with E-state index in [2.05, 4.69) is 0 Å². The zero-order chi connectivity index (χ0) is 17.0. The second-order valence-corrected chi connectivity index (χ2v) is 5.12. The molecular weight excluding hydrogens is 295 g/mol. The van der Waals surface area contributed by atoms with E-state index < -0.39 is 17.3 Å². The lowest BCUT2D eigenvalue weighted by molar-refractivity contribution is -0.137. The van der Waals surface area contributed by atoms with Gasteiger partial charge in [-0.1, -0.05) is 26.0 Å². The lowest BCUT2D eigenvalue weighted by Gasteiger charge is -2.38. The van der Waals surface area contributed by atoms with Crippen molar-refractivity contribution in [3.05, 3.63) is 35.4 Å². The van der Waals surface area contributed by atoms with E-state index in [0.717, 1.165) is 12.1 Å². The van der Waals surface area contributed by atoms with Gasteiger partial charge < -0.3 is 10.0 Å². The van der Waals surface area contributed by atoms with Crippen LogP contribution in [0.15, 0.2) is 24.3 Å². The number of carbonyl (C=O) groups excluding carboxylic acids is 1. The van der Waals surface area contributed by atoms with Gasteiger partial charge in [0.15, 0.2) is 0 Å². The Kier molecular flexibility index (Phi) is 6.00. The molecule has 1 heterocycles. The summed E-state index contributed by atoms with van der Waals surface area (Å²) >= 11 is 0. The van der Waals surface area contributed by atoms with Gasteiger partial charge in [-0.25, -0.2) is 0 Å². The number of benzene rings is 1. The van der Waals surface area contributed by atoms with Crippen LogP contribution in [0, 0.1) is 0 Å². The van der Waals surface area contributed by atoms with Crippen LogP contribution in [0.1, 0.15) is 44.7 Å². The minimum atomic E-state index is -4.42. The molecule has 0 aromatic heterocycles. The third-order valence-corrected chi connectivity index (χ3v) is 3.76. The molecule has 0 saturated carbocycles. The molecule has 1 aliphatic rings. The van der Waals surface area contributed by atoms with E-state index >= 15 is 0 Å². The number of rotatable bonds is 1. The molecule has 1 N–H and O–H groups in total. The van der Waals surface area contributed by atoms with Crippen LogP contribution in [-0.4, -0.2) is 29.0 Å². The fourth-order valence-electron chi connectivity index (χ4n) is 2.47. The minimum absolute atomic E-state index is 0.0870. The molecule has 1 saturated heterocycles. The molecule has 2 rings (SSSR count). The van der Waals surface area contributed by atoms with Crippen LogP contribution in [0.2, 0.25) is 0 Å². The topological polar surface area (TPSA) is 40.5 Å². The molecule has 1 aromatic carbocycles. The summed E-state index contributed by atoms with van der Waals surface area (Å²) in [6.07, 6.45) is -3.94. The average molecular weight is 317 g/mol. The first-order valence-electron chi connectivity index (χ1n) is 7.38. The highest BCUT2D eigenvalue weighted by atomic mass is 19.4. The van der Waals surface area contributed by atoms with Crippen molar-refractivity contribution in [1.29, 1.82) is 0 Å². The molecule has 6 heteroatoms. The van der Waals surface area contributed by atoms with Crippen molar-refractivity contribution >= 4 is 5.91 Å². The molecule has 0 aliphatic carbocycles. The normalized spacial score (nSPS) is 17.5. The summed E-state index contributed by atoms with van der Waals surface area (Å²) in [6.45, 7) is 6.14. The molecule has 0 spiro atoms. The molecule has 124 valence electrons. The van der Waals surface area contributed by atoms with Crippen LogP contribution >= 0.6 is 0 Å². The average Bonchev–Trinajstić information content (AvgIpc) is 2.49. The van der Waals surface area contributed by atoms with E-state index in [0.29, 0.717) is 13.1 Å². The Morgan fingerprint density at radius 1 is 1.23 bits per heavy atom. The smallest absolute Gasteiger partial charge is 0.385 e. The summed E-state index contributed by atoms with van der Waals surface area (Å²) in [7, 11) is 0. The van der Waals surface area contributed by atoms with Crippen LogP contribution in [0.5, 0.6) is 0 Å². The maximum atomic E-state index is 12.7. The fraction of sp³-hybridized carbons (Fsp3) is 0.562. The van der Waals surface area contributed by atoms with E-state index in [-0.39, 0.29) is 24.3 Å². The van der Waals surface area contributed by atoms with Gasteiger partial charge in [0, 0.05) is 20.0 Å². The molecule has 22 heavy (non-hydrogen) atoms. The molecule has 1 aromatic rings. The summed E-state index contributed by atoms with van der Waals surface area (Å²) in [5.41, 5.74) is -1.80. The molecule has 0 unspecified atom stereocenters. The highest BCUT2D eigenvalue weighted by molar-refractivity contribution is 5.73. The molecular formula is C16H22F3NO2. The first-order valence-corrected chi connectivity index (χ1v) is 7.38. The number of carbonyl (C=O) groups is 1. The van der Waals surface area contributed by atoms with Gasteiger partial charge in [0.25, 0.3) is 0 Å². The number of piperidine rings is 1. The molecule has 1 fully saturated rings. The largest absolute Gasteiger partial charge is 0.416 e. The summed E-state index contributed by atoms with van der Waals surface area (Å²) in [5, 5.41) is 10.5. The SMILES string of the molecule is CC.CC(=O)N1CCC(O)(c2cccc(C(F)(F)F)c2)CC1. The van der Waals surface area contributed by atoms with Crippen LogP contribution < -0.4 is 0 Å². The number of nitrogens with zero attached hydrogens (tertiary/aromatic N) is 1. The van der Waals surface area contributed by atoms with Crippen molar-refractivity contribution in [3.8, 4) is 0 Å². The standard InChI is InChI=1S/C14H16F3NO2.C2H6/c1-10(19)18-7-5-13(20,6-8-18)11-3-2-4-12(9-11)14(15,16)17;1-2/h2-4,9,20H,5-8H2,1H3;1-2H3. The van der Waals surface area contributed by atoms with Crippen LogP contribution in [0.4, 0.5) is 13.2 Å². The Morgan fingerprint density at radius 3 is 2.23 bits per heavy atom. The van der Waals surface area contributed by atoms with E-state index in [4.69, 9.17) is 0 Å². The summed E-state index contributed by atoms with van der Waals surface area (Å²) in [5.74, 6) is -0.0870. The van der Waals surface area contributed by atoms with Crippen LogP contribution in [0.3, 0.4) is 0 Å². The number of likely N-dealkylation sites (tertiary alicyclic amines) is 1. The van der Waals surface area contributed by atoms with Crippen molar-refractivity contribution in [1.82, 2.24) is 4.90 Å². The van der Waals surface area contributed by atoms with Gasteiger partial charge in [-0.05, 0) is 30.5 Å². The number of hydrogen-bond donors (Lipinski definition) is 1. The van der Waals surface area contributed by atoms with Gasteiger partial charge in [-0.2, -0.15) is 13.2 Å². The van der Waals surface area contributed by atoms with Crippen molar-refractivity contribution < 1.29 is 23.1 Å². The molecule has 3 nitrogen and oxygen atoms in total. The van der Waals surface area contributed by atoms with E-state index in [1.54, 1.807) is 4.90 Å². The maximum Gasteiger partial charge on any atom is 0.416 e. The van der Waals surface area contributed by atoms with Gasteiger partial charge in [-0.3, -0.25) is 4.79 Å². The van der Waals surface area contributed by atoms with Crippen molar-refractivity contribution in [2.24, 2.45) is 0 Å². The van der Waals surface area contributed by atoms with Gasteiger partial charge in [-0.15, -0.1) is 0 Å². The number of aliphatic hydroxyl groups is 1. The Balaban J connectivity index is 0.00000116. The van der Waals surface area contributed by atoms with Crippen LogP contribution in [-0.2, 0) is 16.6 Å². The lowest BCUT2D eigenvalue weighted by Crippen LogP contribution is -2.44. The Morgan fingerprint density at radius 2 is 1.77 bits per heavy atom. The molecule has 0 bridgehead atoms. The van der Waals surface area contributed by atoms with Gasteiger partial charge in [0.2, 0.25) is 5.91 Å². The van der Waals surface area contributed by atoms with E-state index in [1.165, 1.54) is 19.1 Å². The minimum Gasteiger partial charge on any atom is -0.385 e. The Bertz CT molecular complexity index is 506. The number of halogens is 3. The second kappa shape index (κ2) is 7.13. The van der Waals surface area contributed by atoms with Crippen LogP contribution in [0.25, 0.3) is 0 Å². The third-order valence-electron chi connectivity index (χ3n) is 3.76. The fourth-order valence-corrected chi connectivity index (χ4v) is 2.47. The molecule has 1 aliphatic heterocycles. The van der Waals surface area contributed by atoms with E-state index in [9.17, 15) is 23.1 Å². The Hall–Kier alpha value is -1.56. The first-order chi connectivity index (χ1) is 10.2. The van der Waals surface area contributed by atoms with Crippen molar-refractivity contribution in [3.63, 3.8) is 0 Å². The zero-order valence-electron chi connectivity index (χ0n) is 13.1. The van der Waals surface area contributed by atoms with Crippen molar-refractivity contribution in [2.45, 2.75) is 45.4 Å². The third kappa shape index (κ3) is 4.22. The number of alkyl halides is 3. The van der Waals surface area contributed by atoms with Gasteiger partial charge in [0.1, 0.15) is 0 Å². The summed E-state index contributed by atoms with van der Waals surface area (Å²) in [6, 6.07) is 4.77. The maximum absolute atomic E-state index is 12.7. The highest BCUT2D eigenvalue weighted by Gasteiger charge is 2.37. The quantitative estimate of drug-likeness (QED) is 0.860. The van der Waals surface area contributed by atoms with E-state index in [1.807, 2.05) is 13.8 Å². The molecule has 0 radical (unpaired) electrons. The first kappa shape index (κ1) is 18.5. The van der Waals surface area contributed by atoms with Crippen molar-refractivity contribution in [2.75, 3.05) is 13.1 Å². The monoisotopic (exact) mass is 317 g/mol. The van der Waals surface area contributed by atoms with Gasteiger partial charge in [0.05, 0.1) is 11.2 Å². The zero-order valence-corrected chi connectivity index (χ0v) is 13.1. The number of amides is 1. The predicted molar refractivity (Wildman–Crippen MR) is 78.2 cm³/mol. The molecule has 0 atom stereocenters.